The molecule has 0 radical (unpaired) electrons. The second kappa shape index (κ2) is 5.73. The van der Waals surface area contributed by atoms with E-state index in [0.29, 0.717) is 11.4 Å². The number of carbonyl (C=O) groups is 1. The van der Waals surface area contributed by atoms with Crippen LogP contribution in [0.3, 0.4) is 0 Å². The molecule has 0 saturated carbocycles. The maximum atomic E-state index is 12.0. The lowest BCUT2D eigenvalue weighted by Gasteiger charge is -2.36. The van der Waals surface area contributed by atoms with E-state index in [1.54, 1.807) is 31.2 Å². The van der Waals surface area contributed by atoms with E-state index in [4.69, 9.17) is 9.47 Å². The fourth-order valence-electron chi connectivity index (χ4n) is 2.43. The van der Waals surface area contributed by atoms with Crippen molar-refractivity contribution in [1.82, 2.24) is 0 Å². The van der Waals surface area contributed by atoms with Gasteiger partial charge in [0.05, 0.1) is 18.5 Å². The van der Waals surface area contributed by atoms with Gasteiger partial charge >= 0.3 is 5.97 Å². The number of hydrogen-bond acceptors (Lipinski definition) is 7. The zero-order valence-corrected chi connectivity index (χ0v) is 13.4. The number of rotatable bonds is 3. The van der Waals surface area contributed by atoms with Crippen LogP contribution in [-0.2, 0) is 24.4 Å². The number of sulfonamides is 1. The van der Waals surface area contributed by atoms with Gasteiger partial charge in [-0.25, -0.2) is 13.2 Å². The van der Waals surface area contributed by atoms with Crippen LogP contribution in [0.2, 0.25) is 0 Å². The lowest BCUT2D eigenvalue weighted by molar-refractivity contribution is -0.140. The summed E-state index contributed by atoms with van der Waals surface area (Å²) in [5.74, 6) is 0.140. The molecule has 2 heterocycles. The summed E-state index contributed by atoms with van der Waals surface area (Å²) in [5, 5.41) is 3.52. The van der Waals surface area contributed by atoms with Crippen molar-refractivity contribution < 1.29 is 27.5 Å². The summed E-state index contributed by atoms with van der Waals surface area (Å²) < 4.78 is 36.8. The van der Waals surface area contributed by atoms with E-state index in [1.165, 1.54) is 4.31 Å². The predicted molar refractivity (Wildman–Crippen MR) is 81.7 cm³/mol. The summed E-state index contributed by atoms with van der Waals surface area (Å²) in [7, 11) is -3.45. The zero-order chi connectivity index (χ0) is 16.6. The summed E-state index contributed by atoms with van der Waals surface area (Å²) in [6.07, 6.45) is 0.0492. The monoisotopic (exact) mass is 340 g/mol. The number of oxime groups is 1. The number of carbonyl (C=O) groups excluding carboxylic acids is 1. The number of anilines is 1. The maximum Gasteiger partial charge on any atom is 0.344 e. The van der Waals surface area contributed by atoms with Crippen molar-refractivity contribution in [3.05, 3.63) is 24.3 Å². The number of hydrogen-bond donors (Lipinski definition) is 0. The van der Waals surface area contributed by atoms with Crippen LogP contribution < -0.4 is 9.04 Å². The number of para-hydroxylation sites is 2. The molecule has 0 saturated heterocycles. The Morgan fingerprint density at radius 3 is 2.78 bits per heavy atom. The van der Waals surface area contributed by atoms with Gasteiger partial charge in [0, 0.05) is 0 Å². The quantitative estimate of drug-likeness (QED) is 0.758. The Labute approximate surface area is 133 Å². The molecule has 124 valence electrons. The summed E-state index contributed by atoms with van der Waals surface area (Å²) >= 11 is 0. The summed E-state index contributed by atoms with van der Waals surface area (Å²) in [4.78, 5) is 15.5. The van der Waals surface area contributed by atoms with Crippen molar-refractivity contribution in [3.8, 4) is 5.75 Å². The van der Waals surface area contributed by atoms with E-state index in [-0.39, 0.29) is 18.9 Å². The van der Waals surface area contributed by atoms with Crippen molar-refractivity contribution in [2.24, 2.45) is 5.16 Å². The van der Waals surface area contributed by atoms with E-state index < -0.39 is 28.2 Å². The van der Waals surface area contributed by atoms with Gasteiger partial charge in [-0.15, -0.1) is 0 Å². The first kappa shape index (κ1) is 15.6. The van der Waals surface area contributed by atoms with Gasteiger partial charge in [0.15, 0.2) is 6.10 Å². The first-order valence-electron chi connectivity index (χ1n) is 7.01. The van der Waals surface area contributed by atoms with E-state index in [0.717, 1.165) is 6.26 Å². The summed E-state index contributed by atoms with van der Waals surface area (Å²) in [5.41, 5.74) is 0.496. The number of nitrogens with zero attached hydrogens (tertiary/aromatic N) is 2. The zero-order valence-electron chi connectivity index (χ0n) is 12.6. The third-order valence-corrected chi connectivity index (χ3v) is 4.70. The van der Waals surface area contributed by atoms with Crippen LogP contribution in [0.25, 0.3) is 0 Å². The molecule has 9 heteroatoms. The SMILES string of the molecule is C[C@H](OC1=NOC(=O)C1)[C@H]1CN(S(C)(=O)=O)c2ccccc2O1. The molecule has 2 atom stereocenters. The molecule has 8 nitrogen and oxygen atoms in total. The van der Waals surface area contributed by atoms with Crippen LogP contribution in [0.4, 0.5) is 5.69 Å². The third kappa shape index (κ3) is 3.24. The van der Waals surface area contributed by atoms with E-state index >= 15 is 0 Å². The largest absolute Gasteiger partial charge is 0.482 e. The molecule has 0 N–H and O–H groups in total. The number of benzene rings is 1. The molecular weight excluding hydrogens is 324 g/mol. The fraction of sp³-hybridized carbons (Fsp3) is 0.429. The molecule has 0 aliphatic carbocycles. The standard InChI is InChI=1S/C14H16N2O6S/c1-9(20-13-7-14(17)22-15-13)12-8-16(23(2,18)19)10-5-3-4-6-11(10)21-12/h3-6,9,12H,7-8H2,1-2H3/t9-,12+/m0/s1. The lowest BCUT2D eigenvalue weighted by Crippen LogP contribution is -2.48. The van der Waals surface area contributed by atoms with Crippen LogP contribution in [-0.4, -0.2) is 45.3 Å². The van der Waals surface area contributed by atoms with Gasteiger partial charge in [0.2, 0.25) is 15.9 Å². The minimum absolute atomic E-state index is 0.0383. The second-order valence-electron chi connectivity index (χ2n) is 5.37. The molecule has 3 rings (SSSR count). The Bertz CT molecular complexity index is 760. The van der Waals surface area contributed by atoms with Crippen molar-refractivity contribution >= 4 is 27.6 Å². The van der Waals surface area contributed by atoms with E-state index in [2.05, 4.69) is 9.99 Å². The average molecular weight is 340 g/mol. The molecule has 0 unspecified atom stereocenters. The second-order valence-corrected chi connectivity index (χ2v) is 7.27. The summed E-state index contributed by atoms with van der Waals surface area (Å²) in [6.45, 7) is 1.84. The Balaban J connectivity index is 1.81. The lowest BCUT2D eigenvalue weighted by atomic mass is 10.1. The Morgan fingerprint density at radius 2 is 2.13 bits per heavy atom. The average Bonchev–Trinajstić information content (AvgIpc) is 2.90. The van der Waals surface area contributed by atoms with Gasteiger partial charge in [-0.2, -0.15) is 0 Å². The fourth-order valence-corrected chi connectivity index (χ4v) is 3.35. The molecule has 0 fully saturated rings. The van der Waals surface area contributed by atoms with Gasteiger partial charge in [-0.3, -0.25) is 4.31 Å². The molecular formula is C14H16N2O6S. The van der Waals surface area contributed by atoms with Crippen LogP contribution >= 0.6 is 0 Å². The topological polar surface area (TPSA) is 94.5 Å². The Kier molecular flexibility index (Phi) is 3.88. The predicted octanol–water partition coefficient (Wildman–Crippen LogP) is 0.879. The van der Waals surface area contributed by atoms with Crippen molar-refractivity contribution in [3.63, 3.8) is 0 Å². The molecule has 2 aliphatic heterocycles. The van der Waals surface area contributed by atoms with Crippen LogP contribution in [0.15, 0.2) is 29.4 Å². The third-order valence-electron chi connectivity index (χ3n) is 3.55. The van der Waals surface area contributed by atoms with E-state index in [1.807, 2.05) is 0 Å². The van der Waals surface area contributed by atoms with E-state index in [9.17, 15) is 13.2 Å². The first-order chi connectivity index (χ1) is 10.8. The van der Waals surface area contributed by atoms with Gasteiger partial charge in [-0.05, 0) is 24.2 Å². The van der Waals surface area contributed by atoms with Gasteiger partial charge < -0.3 is 14.3 Å². The maximum absolute atomic E-state index is 12.0. The van der Waals surface area contributed by atoms with Crippen molar-refractivity contribution in [2.45, 2.75) is 25.6 Å². The Morgan fingerprint density at radius 1 is 1.39 bits per heavy atom. The highest BCUT2D eigenvalue weighted by Gasteiger charge is 2.35. The highest BCUT2D eigenvalue weighted by Crippen LogP contribution is 2.35. The molecule has 0 amide bonds. The highest BCUT2D eigenvalue weighted by atomic mass is 32.2. The minimum atomic E-state index is -3.45. The molecule has 0 spiro atoms. The van der Waals surface area contributed by atoms with Crippen LogP contribution in [0.1, 0.15) is 13.3 Å². The molecule has 0 bridgehead atoms. The van der Waals surface area contributed by atoms with Crippen LogP contribution in [0, 0.1) is 0 Å². The minimum Gasteiger partial charge on any atom is -0.482 e. The molecule has 0 aromatic heterocycles. The molecule has 23 heavy (non-hydrogen) atoms. The molecule has 1 aromatic rings. The van der Waals surface area contributed by atoms with Crippen molar-refractivity contribution in [2.75, 3.05) is 17.1 Å². The van der Waals surface area contributed by atoms with Crippen LogP contribution in [0.5, 0.6) is 5.75 Å². The van der Waals surface area contributed by atoms with Crippen molar-refractivity contribution in [1.29, 1.82) is 0 Å². The van der Waals surface area contributed by atoms with Gasteiger partial charge in [-0.1, -0.05) is 12.1 Å². The number of fused-ring (bicyclic) bond motifs is 1. The van der Waals surface area contributed by atoms with Gasteiger partial charge in [0.1, 0.15) is 18.3 Å². The van der Waals surface area contributed by atoms with Gasteiger partial charge in [0.25, 0.3) is 0 Å². The first-order valence-corrected chi connectivity index (χ1v) is 8.86. The molecule has 2 aliphatic rings. The number of ether oxygens (including phenoxy) is 2. The summed E-state index contributed by atoms with van der Waals surface area (Å²) in [6, 6.07) is 6.90. The Hall–Kier alpha value is -2.29. The highest BCUT2D eigenvalue weighted by molar-refractivity contribution is 7.92. The molecule has 1 aromatic carbocycles. The normalized spacial score (nSPS) is 21.8. The smallest absolute Gasteiger partial charge is 0.344 e.